The van der Waals surface area contributed by atoms with Crippen LogP contribution in [0.4, 0.5) is 9.18 Å². The van der Waals surface area contributed by atoms with Crippen molar-refractivity contribution >= 4 is 16.2 Å². The molecule has 14 heteroatoms. The summed E-state index contributed by atoms with van der Waals surface area (Å²) in [5.74, 6) is 0.335. The van der Waals surface area contributed by atoms with Gasteiger partial charge in [-0.05, 0) is 75.2 Å². The summed E-state index contributed by atoms with van der Waals surface area (Å²) in [5.41, 5.74) is 2.02. The van der Waals surface area contributed by atoms with Crippen molar-refractivity contribution in [1.82, 2.24) is 4.90 Å². The van der Waals surface area contributed by atoms with Crippen LogP contribution in [-0.2, 0) is 55.9 Å². The molecule has 0 saturated carbocycles. The van der Waals surface area contributed by atoms with Crippen molar-refractivity contribution in [1.29, 1.82) is 0 Å². The predicted molar refractivity (Wildman–Crippen MR) is 192 cm³/mol. The Hall–Kier alpha value is -3.63. The van der Waals surface area contributed by atoms with E-state index in [9.17, 15) is 17.6 Å². The fraction of sp³-hybridized carbons (Fsp3) is 0.500. The molecule has 0 unspecified atom stereocenters. The number of amides is 1. The molecule has 0 fully saturated rings. The molecular formula is C38H52FNO11S. The van der Waals surface area contributed by atoms with E-state index in [0.717, 1.165) is 16.7 Å². The fourth-order valence-electron chi connectivity index (χ4n) is 4.39. The highest BCUT2D eigenvalue weighted by Gasteiger charge is 2.22. The molecule has 0 heterocycles. The molecular weight excluding hydrogens is 697 g/mol. The van der Waals surface area contributed by atoms with E-state index in [-0.39, 0.29) is 23.9 Å². The summed E-state index contributed by atoms with van der Waals surface area (Å²) in [6, 6.07) is 20.0. The first-order chi connectivity index (χ1) is 24.9. The van der Waals surface area contributed by atoms with E-state index in [4.69, 9.17) is 37.3 Å². The van der Waals surface area contributed by atoms with E-state index in [0.29, 0.717) is 84.9 Å². The zero-order chi connectivity index (χ0) is 37.7. The highest BCUT2D eigenvalue weighted by Crippen LogP contribution is 2.19. The molecule has 0 bridgehead atoms. The van der Waals surface area contributed by atoms with Gasteiger partial charge in [0.25, 0.3) is 10.1 Å². The maximum atomic E-state index is 13.2. The third-order valence-corrected chi connectivity index (χ3v) is 8.34. The Balaban J connectivity index is 1.20. The quantitative estimate of drug-likeness (QED) is 0.0755. The summed E-state index contributed by atoms with van der Waals surface area (Å²) < 4.78 is 81.5. The van der Waals surface area contributed by atoms with E-state index >= 15 is 0 Å². The lowest BCUT2D eigenvalue weighted by Crippen LogP contribution is -2.38. The van der Waals surface area contributed by atoms with Crippen LogP contribution in [0.3, 0.4) is 0 Å². The average Bonchev–Trinajstić information content (AvgIpc) is 3.10. The average molecular weight is 750 g/mol. The molecule has 288 valence electrons. The summed E-state index contributed by atoms with van der Waals surface area (Å²) >= 11 is 0. The highest BCUT2D eigenvalue weighted by atomic mass is 32.2. The number of aryl methyl sites for hydroxylation is 1. The molecule has 0 radical (unpaired) electrons. The number of hydrogen-bond donors (Lipinski definition) is 0. The second kappa shape index (κ2) is 23.1. The Morgan fingerprint density at radius 1 is 0.692 bits per heavy atom. The maximum absolute atomic E-state index is 13.2. The molecule has 3 aromatic carbocycles. The van der Waals surface area contributed by atoms with Gasteiger partial charge in [-0.1, -0.05) is 42.0 Å². The molecule has 0 aliphatic carbocycles. The third-order valence-electron chi connectivity index (χ3n) is 7.01. The van der Waals surface area contributed by atoms with Crippen LogP contribution < -0.4 is 4.74 Å². The van der Waals surface area contributed by atoms with Crippen molar-refractivity contribution < 1.29 is 54.9 Å². The molecule has 0 N–H and O–H groups in total. The second-order valence-corrected chi connectivity index (χ2v) is 14.2. The highest BCUT2D eigenvalue weighted by molar-refractivity contribution is 7.86. The molecule has 12 nitrogen and oxygen atoms in total. The molecule has 0 aliphatic heterocycles. The number of benzene rings is 3. The minimum atomic E-state index is -3.80. The van der Waals surface area contributed by atoms with E-state index in [1.54, 1.807) is 29.2 Å². The predicted octanol–water partition coefficient (Wildman–Crippen LogP) is 5.94. The summed E-state index contributed by atoms with van der Waals surface area (Å²) in [6.45, 7) is 11.5. The van der Waals surface area contributed by atoms with Crippen LogP contribution in [0, 0.1) is 12.7 Å². The minimum absolute atomic E-state index is 0.0805. The number of carbonyl (C=O) groups is 1. The molecule has 0 atom stereocenters. The number of carbonyl (C=O) groups excluding carboxylic acids is 1. The Kier molecular flexibility index (Phi) is 19.0. The van der Waals surface area contributed by atoms with Crippen LogP contribution in [0.25, 0.3) is 0 Å². The van der Waals surface area contributed by atoms with E-state index in [1.165, 1.54) is 24.3 Å². The van der Waals surface area contributed by atoms with Gasteiger partial charge < -0.3 is 38.1 Å². The van der Waals surface area contributed by atoms with E-state index in [1.807, 2.05) is 52.0 Å². The zero-order valence-corrected chi connectivity index (χ0v) is 31.4. The zero-order valence-electron chi connectivity index (χ0n) is 30.6. The van der Waals surface area contributed by atoms with Crippen LogP contribution in [0.1, 0.15) is 37.5 Å². The molecule has 0 spiro atoms. The van der Waals surface area contributed by atoms with Crippen molar-refractivity contribution in [2.45, 2.75) is 51.3 Å². The normalized spacial score (nSPS) is 11.8. The lowest BCUT2D eigenvalue weighted by atomic mass is 10.2. The minimum Gasteiger partial charge on any atom is -0.489 e. The smallest absolute Gasteiger partial charge is 0.410 e. The molecule has 0 aromatic heterocycles. The van der Waals surface area contributed by atoms with Gasteiger partial charge in [-0.3, -0.25) is 4.18 Å². The number of ether oxygens (including phenoxy) is 7. The summed E-state index contributed by atoms with van der Waals surface area (Å²) in [5, 5.41) is 0. The first-order valence-electron chi connectivity index (χ1n) is 17.2. The van der Waals surface area contributed by atoms with Crippen LogP contribution in [-0.4, -0.2) is 104 Å². The van der Waals surface area contributed by atoms with E-state index < -0.39 is 21.8 Å². The molecule has 0 aliphatic rings. The number of rotatable bonds is 25. The Bertz CT molecular complexity index is 1550. The molecule has 0 saturated heterocycles. The number of hydrogen-bond acceptors (Lipinski definition) is 11. The molecule has 1 amide bonds. The fourth-order valence-corrected chi connectivity index (χ4v) is 5.29. The van der Waals surface area contributed by atoms with Gasteiger partial charge in [-0.25, -0.2) is 9.18 Å². The molecule has 3 rings (SSSR count). The van der Waals surface area contributed by atoms with Crippen LogP contribution in [0.15, 0.2) is 77.7 Å². The topological polar surface area (TPSA) is 128 Å². The van der Waals surface area contributed by atoms with Gasteiger partial charge in [-0.15, -0.1) is 0 Å². The Morgan fingerprint density at radius 3 is 1.79 bits per heavy atom. The van der Waals surface area contributed by atoms with Crippen molar-refractivity contribution in [3.63, 3.8) is 0 Å². The molecule has 3 aromatic rings. The third kappa shape index (κ3) is 18.2. The van der Waals surface area contributed by atoms with Gasteiger partial charge in [0.15, 0.2) is 0 Å². The van der Waals surface area contributed by atoms with Gasteiger partial charge in [0, 0.05) is 13.1 Å². The standard InChI is InChI=1S/C38H52FNO11S/c1-31-8-14-36(15-9-31)52(42,43)50-27-26-48-25-24-47-23-22-46-21-20-45-19-18-44-17-16-40(37(41)51-38(2,3)4)29-33-6-5-7-35(28-33)49-30-32-10-12-34(39)13-11-32/h5-15,28H,16-27,29-30H2,1-4H3. The van der Waals surface area contributed by atoms with Gasteiger partial charge in [-0.2, -0.15) is 8.42 Å². The summed E-state index contributed by atoms with van der Waals surface area (Å²) in [4.78, 5) is 14.7. The van der Waals surface area contributed by atoms with Gasteiger partial charge in [0.2, 0.25) is 0 Å². The van der Waals surface area contributed by atoms with Gasteiger partial charge >= 0.3 is 6.09 Å². The Morgan fingerprint density at radius 2 is 1.23 bits per heavy atom. The monoisotopic (exact) mass is 749 g/mol. The van der Waals surface area contributed by atoms with Gasteiger partial charge in [0.1, 0.15) is 23.8 Å². The summed E-state index contributed by atoms with van der Waals surface area (Å²) in [6.07, 6.45) is -0.449. The van der Waals surface area contributed by atoms with Gasteiger partial charge in [0.05, 0.1) is 77.6 Å². The van der Waals surface area contributed by atoms with Crippen LogP contribution in [0.2, 0.25) is 0 Å². The lowest BCUT2D eigenvalue weighted by molar-refractivity contribution is -0.0152. The van der Waals surface area contributed by atoms with Crippen molar-refractivity contribution in [2.24, 2.45) is 0 Å². The summed E-state index contributed by atoms with van der Waals surface area (Å²) in [7, 11) is -3.80. The van der Waals surface area contributed by atoms with Crippen molar-refractivity contribution in [3.05, 3.63) is 95.3 Å². The lowest BCUT2D eigenvalue weighted by Gasteiger charge is -2.27. The number of halogens is 1. The SMILES string of the molecule is Cc1ccc(S(=O)(=O)OCCOCCOCCOCCOCCOCCN(Cc2cccc(OCc3ccc(F)cc3)c2)C(=O)OC(C)(C)C)cc1. The second-order valence-electron chi connectivity index (χ2n) is 12.6. The largest absolute Gasteiger partial charge is 0.489 e. The first-order valence-corrected chi connectivity index (χ1v) is 18.6. The Labute approximate surface area is 307 Å². The maximum Gasteiger partial charge on any atom is 0.410 e. The van der Waals surface area contributed by atoms with Crippen molar-refractivity contribution in [2.75, 3.05) is 79.2 Å². The van der Waals surface area contributed by atoms with Crippen LogP contribution >= 0.6 is 0 Å². The van der Waals surface area contributed by atoms with E-state index in [2.05, 4.69) is 0 Å². The number of nitrogens with zero attached hydrogens (tertiary/aromatic N) is 1. The molecule has 52 heavy (non-hydrogen) atoms. The van der Waals surface area contributed by atoms with Crippen molar-refractivity contribution in [3.8, 4) is 5.75 Å². The van der Waals surface area contributed by atoms with Crippen LogP contribution in [0.5, 0.6) is 5.75 Å². The first kappa shape index (κ1) is 42.8.